The summed E-state index contributed by atoms with van der Waals surface area (Å²) < 4.78 is 16.6. The number of carbonyl (C=O) groups excluding carboxylic acids is 1. The molecule has 0 aliphatic carbocycles. The molecule has 2 heterocycles. The van der Waals surface area contributed by atoms with Gasteiger partial charge in [0.05, 0.1) is 19.9 Å². The van der Waals surface area contributed by atoms with E-state index in [2.05, 4.69) is 15.3 Å². The highest BCUT2D eigenvalue weighted by molar-refractivity contribution is 6.31. The number of ether oxygens (including phenoxy) is 2. The van der Waals surface area contributed by atoms with E-state index in [0.717, 1.165) is 5.69 Å². The Balaban J connectivity index is 1.88. The van der Waals surface area contributed by atoms with Crippen LogP contribution < -0.4 is 20.3 Å². The largest absolute Gasteiger partial charge is 0.497 e. The number of hydrogen-bond acceptors (Lipinski definition) is 6. The molecule has 1 N–H and O–H groups in total. The molecule has 8 heteroatoms. The van der Waals surface area contributed by atoms with Gasteiger partial charge in [-0.05, 0) is 43.3 Å². The highest BCUT2D eigenvalue weighted by atomic mass is 35.5. The molecule has 0 spiro atoms. The molecule has 0 saturated heterocycles. The second-order valence-electron chi connectivity index (χ2n) is 6.95. The Morgan fingerprint density at radius 2 is 1.78 bits per heavy atom. The van der Waals surface area contributed by atoms with Crippen molar-refractivity contribution in [2.75, 3.05) is 19.5 Å². The van der Waals surface area contributed by atoms with Gasteiger partial charge in [-0.25, -0.2) is 9.98 Å². The van der Waals surface area contributed by atoms with E-state index in [9.17, 15) is 4.79 Å². The van der Waals surface area contributed by atoms with E-state index in [0.29, 0.717) is 39.0 Å². The van der Waals surface area contributed by atoms with E-state index in [-0.39, 0.29) is 11.1 Å². The maximum Gasteiger partial charge on any atom is 0.262 e. The summed E-state index contributed by atoms with van der Waals surface area (Å²) in [6.07, 6.45) is 0. The third-order valence-corrected chi connectivity index (χ3v) is 4.89. The first-order chi connectivity index (χ1) is 15.4. The van der Waals surface area contributed by atoms with Crippen molar-refractivity contribution >= 4 is 40.0 Å². The molecular weight excluding hydrogens is 430 g/mol. The molecule has 0 saturated carbocycles. The number of pyridine rings is 1. The zero-order chi connectivity index (χ0) is 22.7. The van der Waals surface area contributed by atoms with Crippen molar-refractivity contribution in [1.29, 1.82) is 0 Å². The molecule has 0 unspecified atom stereocenters. The minimum atomic E-state index is -0.415. The van der Waals surface area contributed by atoms with Gasteiger partial charge in [0.2, 0.25) is 5.55 Å². The topological polar surface area (TPSA) is 86.0 Å². The van der Waals surface area contributed by atoms with E-state index in [1.54, 1.807) is 62.8 Å². The predicted octanol–water partition coefficient (Wildman–Crippen LogP) is 5.29. The van der Waals surface area contributed by atoms with Crippen LogP contribution in [-0.2, 0) is 0 Å². The number of methoxy groups -OCH3 is 2. The molecule has 32 heavy (non-hydrogen) atoms. The lowest BCUT2D eigenvalue weighted by Crippen LogP contribution is -2.22. The van der Waals surface area contributed by atoms with Crippen LogP contribution in [0.25, 0.3) is 11.0 Å². The first-order valence-corrected chi connectivity index (χ1v) is 10.1. The van der Waals surface area contributed by atoms with E-state index in [1.807, 2.05) is 19.1 Å². The van der Waals surface area contributed by atoms with E-state index < -0.39 is 5.91 Å². The molecular formula is C24H20ClN3O4. The number of anilines is 1. The van der Waals surface area contributed by atoms with Crippen LogP contribution in [-0.4, -0.2) is 25.1 Å². The van der Waals surface area contributed by atoms with Gasteiger partial charge in [-0.2, -0.15) is 0 Å². The highest BCUT2D eigenvalue weighted by Gasteiger charge is 2.14. The lowest BCUT2D eigenvalue weighted by molar-refractivity contribution is 0.102. The number of nitrogens with one attached hydrogen (secondary N) is 1. The lowest BCUT2D eigenvalue weighted by atomic mass is 10.1. The zero-order valence-corrected chi connectivity index (χ0v) is 18.4. The van der Waals surface area contributed by atoms with Gasteiger partial charge in [-0.1, -0.05) is 17.7 Å². The number of fused-ring (bicyclic) bond motifs is 1. The summed E-state index contributed by atoms with van der Waals surface area (Å²) in [5.41, 5.74) is 2.17. The molecule has 0 aliphatic rings. The van der Waals surface area contributed by atoms with Gasteiger partial charge in [-0.3, -0.25) is 4.79 Å². The number of aromatic nitrogens is 1. The van der Waals surface area contributed by atoms with Crippen LogP contribution in [0.3, 0.4) is 0 Å². The highest BCUT2D eigenvalue weighted by Crippen LogP contribution is 2.28. The van der Waals surface area contributed by atoms with E-state index >= 15 is 0 Å². The minimum absolute atomic E-state index is 0.125. The van der Waals surface area contributed by atoms with Crippen molar-refractivity contribution in [3.05, 3.63) is 82.5 Å². The average Bonchev–Trinajstić information content (AvgIpc) is 2.78. The zero-order valence-electron chi connectivity index (χ0n) is 17.7. The smallest absolute Gasteiger partial charge is 0.262 e. The lowest BCUT2D eigenvalue weighted by Gasteiger charge is -2.08. The summed E-state index contributed by atoms with van der Waals surface area (Å²) in [5, 5.41) is 4.00. The fraction of sp³-hybridized carbons (Fsp3) is 0.125. The van der Waals surface area contributed by atoms with Crippen LogP contribution in [0.5, 0.6) is 11.5 Å². The molecule has 2 aromatic carbocycles. The summed E-state index contributed by atoms with van der Waals surface area (Å²) in [6, 6.07) is 17.4. The monoisotopic (exact) mass is 449 g/mol. The van der Waals surface area contributed by atoms with Gasteiger partial charge in [-0.15, -0.1) is 0 Å². The minimum Gasteiger partial charge on any atom is -0.497 e. The third-order valence-electron chi connectivity index (χ3n) is 4.65. The van der Waals surface area contributed by atoms with Gasteiger partial charge in [0.1, 0.15) is 28.5 Å². The number of rotatable bonds is 5. The van der Waals surface area contributed by atoms with Crippen molar-refractivity contribution in [2.45, 2.75) is 6.92 Å². The van der Waals surface area contributed by atoms with Gasteiger partial charge in [0.15, 0.2) is 0 Å². The van der Waals surface area contributed by atoms with Crippen molar-refractivity contribution in [3.8, 4) is 11.5 Å². The number of carbonyl (C=O) groups is 1. The van der Waals surface area contributed by atoms with Crippen molar-refractivity contribution in [3.63, 3.8) is 0 Å². The van der Waals surface area contributed by atoms with Crippen LogP contribution in [0.15, 0.2) is 70.1 Å². The molecule has 0 radical (unpaired) electrons. The Morgan fingerprint density at radius 1 is 1.03 bits per heavy atom. The van der Waals surface area contributed by atoms with Crippen LogP contribution in [0.4, 0.5) is 11.5 Å². The maximum atomic E-state index is 13.2. The van der Waals surface area contributed by atoms with Gasteiger partial charge in [0.25, 0.3) is 5.91 Å². The standard InChI is InChI=1S/C24H20ClN3O4/c1-14-5-4-6-22(26-14)28-23(29)20-10-15-9-16(25)7-8-21(15)32-24(20)27-17-11-18(30-2)13-19(12-17)31-3/h4-13H,1-3H3,(H,26,28,29). The molecule has 0 aliphatic heterocycles. The molecule has 4 rings (SSSR count). The summed E-state index contributed by atoms with van der Waals surface area (Å²) >= 11 is 6.13. The molecule has 7 nitrogen and oxygen atoms in total. The van der Waals surface area contributed by atoms with Gasteiger partial charge >= 0.3 is 0 Å². The summed E-state index contributed by atoms with van der Waals surface area (Å²) in [6.45, 7) is 1.85. The SMILES string of the molecule is COc1cc(N=c2oc3ccc(Cl)cc3cc2C(=O)Nc2cccc(C)n2)cc(OC)c1. The van der Waals surface area contributed by atoms with Crippen molar-refractivity contribution in [2.24, 2.45) is 4.99 Å². The number of benzene rings is 2. The van der Waals surface area contributed by atoms with Gasteiger partial charge < -0.3 is 19.2 Å². The quantitative estimate of drug-likeness (QED) is 0.447. The predicted molar refractivity (Wildman–Crippen MR) is 123 cm³/mol. The van der Waals surface area contributed by atoms with Crippen molar-refractivity contribution in [1.82, 2.24) is 4.98 Å². The van der Waals surface area contributed by atoms with Crippen LogP contribution >= 0.6 is 11.6 Å². The Bertz CT molecular complexity index is 1360. The second kappa shape index (κ2) is 9.11. The molecule has 162 valence electrons. The number of aryl methyl sites for hydroxylation is 1. The number of hydrogen-bond donors (Lipinski definition) is 1. The first-order valence-electron chi connectivity index (χ1n) is 9.71. The molecule has 0 fully saturated rings. The number of amides is 1. The van der Waals surface area contributed by atoms with Crippen LogP contribution in [0, 0.1) is 6.92 Å². The fourth-order valence-electron chi connectivity index (χ4n) is 3.12. The summed E-state index contributed by atoms with van der Waals surface area (Å²) in [4.78, 5) is 22.1. The Morgan fingerprint density at radius 3 is 2.47 bits per heavy atom. The Hall–Kier alpha value is -3.84. The Labute approximate surface area is 189 Å². The molecule has 2 aromatic heterocycles. The first kappa shape index (κ1) is 21.4. The Kier molecular flexibility index (Phi) is 6.09. The van der Waals surface area contributed by atoms with E-state index in [4.69, 9.17) is 25.5 Å². The van der Waals surface area contributed by atoms with Crippen LogP contribution in [0.2, 0.25) is 5.02 Å². The number of halogens is 1. The normalized spacial score (nSPS) is 11.4. The number of nitrogens with zero attached hydrogens (tertiary/aromatic N) is 2. The van der Waals surface area contributed by atoms with Crippen LogP contribution in [0.1, 0.15) is 16.1 Å². The molecule has 0 atom stereocenters. The van der Waals surface area contributed by atoms with Crippen molar-refractivity contribution < 1.29 is 18.7 Å². The van der Waals surface area contributed by atoms with E-state index in [1.165, 1.54) is 0 Å². The average molecular weight is 450 g/mol. The second-order valence-corrected chi connectivity index (χ2v) is 7.38. The molecule has 4 aromatic rings. The van der Waals surface area contributed by atoms with Gasteiger partial charge in [0, 0.05) is 34.3 Å². The molecule has 0 bridgehead atoms. The fourth-order valence-corrected chi connectivity index (χ4v) is 3.30. The third kappa shape index (κ3) is 4.73. The maximum absolute atomic E-state index is 13.2. The summed E-state index contributed by atoms with van der Waals surface area (Å²) in [5.74, 6) is 1.13. The summed E-state index contributed by atoms with van der Waals surface area (Å²) in [7, 11) is 3.10. The molecule has 1 amide bonds.